The average Bonchev–Trinajstić information content (AvgIpc) is 2.90. The highest BCUT2D eigenvalue weighted by molar-refractivity contribution is 5.94. The van der Waals surface area contributed by atoms with Gasteiger partial charge in [0.25, 0.3) is 0 Å². The highest BCUT2D eigenvalue weighted by Gasteiger charge is 2.11. The van der Waals surface area contributed by atoms with Crippen LogP contribution in [0.15, 0.2) is 46.9 Å². The molecule has 3 rings (SSSR count). The standard InChI is InChI=1S/C16H11NO4/c1-9(18)10-2-4-11(5-3-10)15-17-13-8-12(16(19)20)6-7-14(13)21-15/h2-8H,1H3,(H,19,20). The van der Waals surface area contributed by atoms with Gasteiger partial charge in [-0.1, -0.05) is 12.1 Å². The van der Waals surface area contributed by atoms with Crippen LogP contribution in [0.3, 0.4) is 0 Å². The number of carbonyl (C=O) groups is 2. The van der Waals surface area contributed by atoms with Crippen LogP contribution in [0.1, 0.15) is 27.6 Å². The van der Waals surface area contributed by atoms with E-state index in [0.717, 1.165) is 5.56 Å². The maximum atomic E-state index is 11.2. The summed E-state index contributed by atoms with van der Waals surface area (Å²) in [4.78, 5) is 26.5. The van der Waals surface area contributed by atoms with Crippen molar-refractivity contribution in [3.63, 3.8) is 0 Å². The molecule has 0 spiro atoms. The van der Waals surface area contributed by atoms with Crippen molar-refractivity contribution in [1.29, 1.82) is 0 Å². The molecule has 0 saturated carbocycles. The number of benzene rings is 2. The van der Waals surface area contributed by atoms with Gasteiger partial charge in [0.15, 0.2) is 11.4 Å². The Balaban J connectivity index is 2.04. The lowest BCUT2D eigenvalue weighted by Crippen LogP contribution is -1.94. The molecule has 0 aliphatic heterocycles. The summed E-state index contributed by atoms with van der Waals surface area (Å²) in [7, 11) is 0. The summed E-state index contributed by atoms with van der Waals surface area (Å²) in [5.74, 6) is -0.625. The Bertz CT molecular complexity index is 846. The summed E-state index contributed by atoms with van der Waals surface area (Å²) < 4.78 is 5.60. The summed E-state index contributed by atoms with van der Waals surface area (Å²) >= 11 is 0. The minimum Gasteiger partial charge on any atom is -0.478 e. The van der Waals surface area contributed by atoms with Crippen LogP contribution in [0.2, 0.25) is 0 Å². The minimum absolute atomic E-state index is 0.00906. The van der Waals surface area contributed by atoms with Gasteiger partial charge in [-0.3, -0.25) is 4.79 Å². The molecule has 0 atom stereocenters. The lowest BCUT2D eigenvalue weighted by atomic mass is 10.1. The van der Waals surface area contributed by atoms with Crippen molar-refractivity contribution in [3.05, 3.63) is 53.6 Å². The van der Waals surface area contributed by atoms with Gasteiger partial charge in [-0.05, 0) is 37.3 Å². The third-order valence-corrected chi connectivity index (χ3v) is 3.17. The van der Waals surface area contributed by atoms with Crippen molar-refractivity contribution >= 4 is 22.9 Å². The number of aromatic nitrogens is 1. The molecule has 0 fully saturated rings. The number of carboxylic acids is 1. The summed E-state index contributed by atoms with van der Waals surface area (Å²) in [5, 5.41) is 8.96. The van der Waals surface area contributed by atoms with Crippen LogP contribution < -0.4 is 0 Å². The van der Waals surface area contributed by atoms with Gasteiger partial charge < -0.3 is 9.52 Å². The normalized spacial score (nSPS) is 10.7. The minimum atomic E-state index is -1.01. The maximum absolute atomic E-state index is 11.2. The van der Waals surface area contributed by atoms with E-state index >= 15 is 0 Å². The topological polar surface area (TPSA) is 80.4 Å². The van der Waals surface area contributed by atoms with Crippen molar-refractivity contribution in [2.45, 2.75) is 6.92 Å². The Hall–Kier alpha value is -2.95. The number of aromatic carboxylic acids is 1. The predicted octanol–water partition coefficient (Wildman–Crippen LogP) is 3.40. The van der Waals surface area contributed by atoms with E-state index in [1.165, 1.54) is 19.1 Å². The molecule has 5 heteroatoms. The number of hydrogen-bond acceptors (Lipinski definition) is 4. The molecular formula is C16H11NO4. The smallest absolute Gasteiger partial charge is 0.335 e. The van der Waals surface area contributed by atoms with Crippen LogP contribution in [0.25, 0.3) is 22.6 Å². The SMILES string of the molecule is CC(=O)c1ccc(-c2nc3cc(C(=O)O)ccc3o2)cc1. The van der Waals surface area contributed by atoms with E-state index in [0.29, 0.717) is 22.6 Å². The lowest BCUT2D eigenvalue weighted by Gasteiger charge is -1.97. The quantitative estimate of drug-likeness (QED) is 0.744. The molecular weight excluding hydrogens is 270 g/mol. The van der Waals surface area contributed by atoms with Crippen molar-refractivity contribution in [2.24, 2.45) is 0 Å². The van der Waals surface area contributed by atoms with Gasteiger partial charge in [-0.25, -0.2) is 9.78 Å². The molecule has 0 aliphatic carbocycles. The summed E-state index contributed by atoms with van der Waals surface area (Å²) in [5.41, 5.74) is 2.51. The molecule has 104 valence electrons. The van der Waals surface area contributed by atoms with E-state index in [2.05, 4.69) is 4.98 Å². The predicted molar refractivity (Wildman–Crippen MR) is 76.4 cm³/mol. The van der Waals surface area contributed by atoms with Crippen LogP contribution >= 0.6 is 0 Å². The number of rotatable bonds is 3. The monoisotopic (exact) mass is 281 g/mol. The molecule has 1 aromatic heterocycles. The first-order valence-electron chi connectivity index (χ1n) is 6.30. The Kier molecular flexibility index (Phi) is 3.02. The Morgan fingerprint density at radius 1 is 1.05 bits per heavy atom. The van der Waals surface area contributed by atoms with Crippen LogP contribution in [-0.2, 0) is 0 Å². The van der Waals surface area contributed by atoms with E-state index in [1.54, 1.807) is 30.3 Å². The van der Waals surface area contributed by atoms with Gasteiger partial charge >= 0.3 is 5.97 Å². The highest BCUT2D eigenvalue weighted by Crippen LogP contribution is 2.25. The zero-order chi connectivity index (χ0) is 15.0. The summed E-state index contributed by atoms with van der Waals surface area (Å²) in [6.07, 6.45) is 0. The van der Waals surface area contributed by atoms with Crippen molar-refractivity contribution < 1.29 is 19.1 Å². The molecule has 0 saturated heterocycles. The van der Waals surface area contributed by atoms with Crippen molar-refractivity contribution in [2.75, 3.05) is 0 Å². The van der Waals surface area contributed by atoms with Gasteiger partial charge in [-0.15, -0.1) is 0 Å². The zero-order valence-corrected chi connectivity index (χ0v) is 11.2. The number of carbonyl (C=O) groups excluding carboxylic acids is 1. The first-order chi connectivity index (χ1) is 10.0. The lowest BCUT2D eigenvalue weighted by molar-refractivity contribution is 0.0697. The largest absolute Gasteiger partial charge is 0.478 e. The van der Waals surface area contributed by atoms with Gasteiger partial charge in [-0.2, -0.15) is 0 Å². The molecule has 0 bridgehead atoms. The maximum Gasteiger partial charge on any atom is 0.335 e. The fourth-order valence-electron chi connectivity index (χ4n) is 2.03. The first kappa shape index (κ1) is 13.1. The molecule has 2 aromatic carbocycles. The third-order valence-electron chi connectivity index (χ3n) is 3.17. The number of ketones is 1. The second kappa shape index (κ2) is 4.86. The third kappa shape index (κ3) is 2.41. The first-order valence-corrected chi connectivity index (χ1v) is 6.30. The van der Waals surface area contributed by atoms with E-state index < -0.39 is 5.97 Å². The second-order valence-corrected chi connectivity index (χ2v) is 4.64. The van der Waals surface area contributed by atoms with Crippen LogP contribution in [-0.4, -0.2) is 21.8 Å². The van der Waals surface area contributed by atoms with E-state index in [4.69, 9.17) is 9.52 Å². The molecule has 3 aromatic rings. The molecule has 0 amide bonds. The summed E-state index contributed by atoms with van der Waals surface area (Å²) in [6.45, 7) is 1.50. The van der Waals surface area contributed by atoms with Crippen LogP contribution in [0.5, 0.6) is 0 Å². The number of fused-ring (bicyclic) bond motifs is 1. The van der Waals surface area contributed by atoms with Crippen molar-refractivity contribution in [3.8, 4) is 11.5 Å². The van der Waals surface area contributed by atoms with Gasteiger partial charge in [0, 0.05) is 11.1 Å². The molecule has 21 heavy (non-hydrogen) atoms. The molecule has 1 heterocycles. The van der Waals surface area contributed by atoms with E-state index in [-0.39, 0.29) is 11.3 Å². The van der Waals surface area contributed by atoms with Gasteiger partial charge in [0.2, 0.25) is 5.89 Å². The highest BCUT2D eigenvalue weighted by atomic mass is 16.4. The fraction of sp³-hybridized carbons (Fsp3) is 0.0625. The Morgan fingerprint density at radius 3 is 2.33 bits per heavy atom. The van der Waals surface area contributed by atoms with Gasteiger partial charge in [0.1, 0.15) is 5.52 Å². The average molecular weight is 281 g/mol. The molecule has 5 nitrogen and oxygen atoms in total. The molecule has 0 radical (unpaired) electrons. The number of oxazole rings is 1. The summed E-state index contributed by atoms with van der Waals surface area (Å²) in [6, 6.07) is 11.4. The Morgan fingerprint density at radius 2 is 1.71 bits per heavy atom. The Labute approximate surface area is 119 Å². The molecule has 0 aliphatic rings. The molecule has 1 N–H and O–H groups in total. The molecule has 0 unspecified atom stereocenters. The van der Waals surface area contributed by atoms with Crippen LogP contribution in [0, 0.1) is 0 Å². The van der Waals surface area contributed by atoms with Gasteiger partial charge in [0.05, 0.1) is 5.56 Å². The number of Topliss-reactive ketones (excluding diaryl/α,β-unsaturated/α-hetero) is 1. The van der Waals surface area contributed by atoms with Crippen molar-refractivity contribution in [1.82, 2.24) is 4.98 Å². The number of hydrogen-bond donors (Lipinski definition) is 1. The number of nitrogens with zero attached hydrogens (tertiary/aromatic N) is 1. The van der Waals surface area contributed by atoms with E-state index in [9.17, 15) is 9.59 Å². The van der Waals surface area contributed by atoms with Crippen LogP contribution in [0.4, 0.5) is 0 Å². The zero-order valence-electron chi connectivity index (χ0n) is 11.2. The second-order valence-electron chi connectivity index (χ2n) is 4.64. The number of carboxylic acid groups (broad SMARTS) is 1. The van der Waals surface area contributed by atoms with E-state index in [1.807, 2.05) is 0 Å². The fourth-order valence-corrected chi connectivity index (χ4v) is 2.03.